The second-order valence-electron chi connectivity index (χ2n) is 5.45. The van der Waals surface area contributed by atoms with Crippen LogP contribution < -0.4 is 20.7 Å². The third-order valence-electron chi connectivity index (χ3n) is 3.21. The zero-order valence-electron chi connectivity index (χ0n) is 15.4. The topological polar surface area (TPSA) is 74.8 Å². The maximum absolute atomic E-state index is 11.5. The standard InChI is InChI=1S/C18H30N4O2.HI/c1-4-11-20-17(23)10-12-21-18(19-5-2)22-13-14-24-16-8-6-15(3)7-9-16;/h6-9H,4-5,10-14H2,1-3H3,(H,20,23)(H2,19,21,22);1H. The molecule has 0 saturated carbocycles. The fraction of sp³-hybridized carbons (Fsp3) is 0.556. The molecule has 0 spiro atoms. The number of hydrogen-bond donors (Lipinski definition) is 3. The molecule has 1 aromatic carbocycles. The van der Waals surface area contributed by atoms with Crippen molar-refractivity contribution in [1.29, 1.82) is 0 Å². The fourth-order valence-electron chi connectivity index (χ4n) is 1.94. The van der Waals surface area contributed by atoms with Crippen LogP contribution in [-0.4, -0.2) is 44.7 Å². The third-order valence-corrected chi connectivity index (χ3v) is 3.21. The Morgan fingerprint density at radius 3 is 2.44 bits per heavy atom. The van der Waals surface area contributed by atoms with E-state index in [2.05, 4.69) is 20.9 Å². The number of carbonyl (C=O) groups is 1. The summed E-state index contributed by atoms with van der Waals surface area (Å²) in [6, 6.07) is 7.98. The molecule has 0 aliphatic rings. The molecule has 142 valence electrons. The van der Waals surface area contributed by atoms with E-state index >= 15 is 0 Å². The van der Waals surface area contributed by atoms with Gasteiger partial charge in [0.05, 0.1) is 13.1 Å². The molecule has 0 aliphatic carbocycles. The molecule has 25 heavy (non-hydrogen) atoms. The molecule has 1 rings (SSSR count). The predicted octanol–water partition coefficient (Wildman–Crippen LogP) is 2.46. The van der Waals surface area contributed by atoms with E-state index in [1.807, 2.05) is 45.0 Å². The van der Waals surface area contributed by atoms with Gasteiger partial charge in [-0.05, 0) is 32.4 Å². The van der Waals surface area contributed by atoms with Crippen molar-refractivity contribution >= 4 is 35.8 Å². The number of nitrogens with one attached hydrogen (secondary N) is 3. The number of halogens is 1. The summed E-state index contributed by atoms with van der Waals surface area (Å²) in [5.74, 6) is 1.60. The maximum atomic E-state index is 11.5. The van der Waals surface area contributed by atoms with Crippen molar-refractivity contribution in [2.75, 3.05) is 32.8 Å². The lowest BCUT2D eigenvalue weighted by Gasteiger charge is -2.12. The highest BCUT2D eigenvalue weighted by Gasteiger charge is 2.01. The molecule has 0 atom stereocenters. The van der Waals surface area contributed by atoms with Crippen molar-refractivity contribution in [3.05, 3.63) is 29.8 Å². The van der Waals surface area contributed by atoms with Gasteiger partial charge in [-0.2, -0.15) is 0 Å². The molecule has 3 N–H and O–H groups in total. The summed E-state index contributed by atoms with van der Waals surface area (Å²) in [6.45, 7) is 9.23. The number of amides is 1. The molecule has 0 aliphatic heterocycles. The van der Waals surface area contributed by atoms with Gasteiger partial charge < -0.3 is 20.7 Å². The van der Waals surface area contributed by atoms with Gasteiger partial charge in [-0.1, -0.05) is 24.6 Å². The molecule has 0 aromatic heterocycles. The highest BCUT2D eigenvalue weighted by atomic mass is 127. The summed E-state index contributed by atoms with van der Waals surface area (Å²) in [5.41, 5.74) is 1.21. The van der Waals surface area contributed by atoms with Crippen LogP contribution in [0.5, 0.6) is 5.75 Å². The van der Waals surface area contributed by atoms with Crippen LogP contribution in [0.25, 0.3) is 0 Å². The van der Waals surface area contributed by atoms with Crippen molar-refractivity contribution in [2.45, 2.75) is 33.6 Å². The van der Waals surface area contributed by atoms with Crippen LogP contribution in [0.4, 0.5) is 0 Å². The first-order chi connectivity index (χ1) is 11.7. The van der Waals surface area contributed by atoms with E-state index in [0.29, 0.717) is 32.1 Å². The largest absolute Gasteiger partial charge is 0.492 e. The summed E-state index contributed by atoms with van der Waals surface area (Å²) < 4.78 is 5.67. The van der Waals surface area contributed by atoms with Crippen molar-refractivity contribution < 1.29 is 9.53 Å². The second-order valence-corrected chi connectivity index (χ2v) is 5.45. The minimum atomic E-state index is 0. The number of benzene rings is 1. The van der Waals surface area contributed by atoms with Gasteiger partial charge in [0.1, 0.15) is 12.4 Å². The lowest BCUT2D eigenvalue weighted by atomic mass is 10.2. The van der Waals surface area contributed by atoms with Gasteiger partial charge in [-0.25, -0.2) is 0 Å². The molecule has 0 bridgehead atoms. The van der Waals surface area contributed by atoms with Crippen molar-refractivity contribution in [3.63, 3.8) is 0 Å². The number of hydrogen-bond acceptors (Lipinski definition) is 3. The summed E-state index contributed by atoms with van der Waals surface area (Å²) in [7, 11) is 0. The second kappa shape index (κ2) is 14.8. The monoisotopic (exact) mass is 462 g/mol. The lowest BCUT2D eigenvalue weighted by Crippen LogP contribution is -2.39. The predicted molar refractivity (Wildman–Crippen MR) is 114 cm³/mol. The van der Waals surface area contributed by atoms with E-state index in [0.717, 1.165) is 25.3 Å². The minimum absolute atomic E-state index is 0. The van der Waals surface area contributed by atoms with Gasteiger partial charge in [-0.3, -0.25) is 9.79 Å². The molecule has 1 amide bonds. The number of aryl methyl sites for hydroxylation is 1. The molecule has 0 radical (unpaired) electrons. The Bertz CT molecular complexity index is 506. The first kappa shape index (κ1) is 23.5. The Kier molecular flexibility index (Phi) is 13.9. The maximum Gasteiger partial charge on any atom is 0.221 e. The van der Waals surface area contributed by atoms with Gasteiger partial charge in [0.25, 0.3) is 0 Å². The summed E-state index contributed by atoms with van der Waals surface area (Å²) in [6.07, 6.45) is 1.34. The number of nitrogens with zero attached hydrogens (tertiary/aromatic N) is 1. The van der Waals surface area contributed by atoms with Crippen LogP contribution in [0.2, 0.25) is 0 Å². The first-order valence-electron chi connectivity index (χ1n) is 8.64. The van der Waals surface area contributed by atoms with E-state index in [9.17, 15) is 4.79 Å². The number of aliphatic imine (C=N–C) groups is 1. The molecular formula is C18H31IN4O2. The Labute approximate surface area is 168 Å². The van der Waals surface area contributed by atoms with Crippen LogP contribution in [-0.2, 0) is 4.79 Å². The van der Waals surface area contributed by atoms with E-state index in [1.54, 1.807) is 0 Å². The Balaban J connectivity index is 0.00000576. The van der Waals surface area contributed by atoms with Gasteiger partial charge in [0.2, 0.25) is 5.91 Å². The number of guanidine groups is 1. The molecule has 0 saturated heterocycles. The summed E-state index contributed by atoms with van der Waals surface area (Å²) in [4.78, 5) is 15.9. The first-order valence-corrected chi connectivity index (χ1v) is 8.64. The average molecular weight is 462 g/mol. The molecule has 0 heterocycles. The highest BCUT2D eigenvalue weighted by Crippen LogP contribution is 2.10. The number of ether oxygens (including phenoxy) is 1. The van der Waals surface area contributed by atoms with Crippen LogP contribution in [0, 0.1) is 6.92 Å². The third kappa shape index (κ3) is 11.6. The van der Waals surface area contributed by atoms with Crippen molar-refractivity contribution in [1.82, 2.24) is 16.0 Å². The van der Waals surface area contributed by atoms with Gasteiger partial charge in [0.15, 0.2) is 5.96 Å². The van der Waals surface area contributed by atoms with Gasteiger partial charge in [-0.15, -0.1) is 24.0 Å². The number of carbonyl (C=O) groups excluding carboxylic acids is 1. The highest BCUT2D eigenvalue weighted by molar-refractivity contribution is 14.0. The molecule has 0 fully saturated rings. The van der Waals surface area contributed by atoms with Crippen molar-refractivity contribution in [3.8, 4) is 5.75 Å². The van der Waals surface area contributed by atoms with Crippen LogP contribution in [0.3, 0.4) is 0 Å². The Morgan fingerprint density at radius 2 is 1.80 bits per heavy atom. The SMILES string of the molecule is CCCNC(=O)CCN=C(NCC)NCCOc1ccc(C)cc1.I. The Hall–Kier alpha value is -1.51. The Morgan fingerprint density at radius 1 is 1.08 bits per heavy atom. The molecule has 7 heteroatoms. The zero-order chi connectivity index (χ0) is 17.6. The normalized spacial score (nSPS) is 10.6. The molecule has 1 aromatic rings. The van der Waals surface area contributed by atoms with Crippen LogP contribution in [0.15, 0.2) is 29.3 Å². The summed E-state index contributed by atoms with van der Waals surface area (Å²) >= 11 is 0. The quantitative estimate of drug-likeness (QED) is 0.216. The van der Waals surface area contributed by atoms with E-state index in [1.165, 1.54) is 5.56 Å². The van der Waals surface area contributed by atoms with Crippen LogP contribution in [0.1, 0.15) is 32.3 Å². The molecular weight excluding hydrogens is 431 g/mol. The lowest BCUT2D eigenvalue weighted by molar-refractivity contribution is -0.120. The van der Waals surface area contributed by atoms with E-state index in [4.69, 9.17) is 4.74 Å². The minimum Gasteiger partial charge on any atom is -0.492 e. The van der Waals surface area contributed by atoms with Crippen molar-refractivity contribution in [2.24, 2.45) is 4.99 Å². The van der Waals surface area contributed by atoms with E-state index in [-0.39, 0.29) is 29.9 Å². The molecule has 6 nitrogen and oxygen atoms in total. The summed E-state index contributed by atoms with van der Waals surface area (Å²) in [5, 5.41) is 9.20. The smallest absolute Gasteiger partial charge is 0.221 e. The average Bonchev–Trinajstić information content (AvgIpc) is 2.58. The van der Waals surface area contributed by atoms with Crippen LogP contribution >= 0.6 is 24.0 Å². The molecule has 0 unspecified atom stereocenters. The van der Waals surface area contributed by atoms with E-state index < -0.39 is 0 Å². The zero-order valence-corrected chi connectivity index (χ0v) is 17.8. The van der Waals surface area contributed by atoms with Gasteiger partial charge >= 0.3 is 0 Å². The fourth-order valence-corrected chi connectivity index (χ4v) is 1.94. The van der Waals surface area contributed by atoms with Gasteiger partial charge in [0, 0.05) is 19.5 Å². The number of rotatable bonds is 10.